The van der Waals surface area contributed by atoms with Gasteiger partial charge in [-0.25, -0.2) is 0 Å². The van der Waals surface area contributed by atoms with Crippen LogP contribution in [0.1, 0.15) is 43.9 Å². The van der Waals surface area contributed by atoms with Gasteiger partial charge in [0.1, 0.15) is 6.10 Å². The smallest absolute Gasteiger partial charge is 0.323 e. The molecule has 0 N–H and O–H groups in total. The summed E-state index contributed by atoms with van der Waals surface area (Å²) >= 11 is 0. The number of esters is 2. The zero-order valence-electron chi connectivity index (χ0n) is 13.2. The lowest BCUT2D eigenvalue weighted by atomic mass is 9.85. The molecule has 1 aliphatic heterocycles. The first kappa shape index (κ1) is 16.5. The number of carbonyl (C=O) groups is 2. The van der Waals surface area contributed by atoms with E-state index in [9.17, 15) is 9.59 Å². The fourth-order valence-electron chi connectivity index (χ4n) is 2.73. The van der Waals surface area contributed by atoms with Gasteiger partial charge in [-0.15, -0.1) is 0 Å². The van der Waals surface area contributed by atoms with Crippen molar-refractivity contribution in [3.8, 4) is 0 Å². The number of benzene rings is 1. The van der Waals surface area contributed by atoms with Gasteiger partial charge in [0.2, 0.25) is 0 Å². The molecule has 0 aromatic heterocycles. The van der Waals surface area contributed by atoms with Gasteiger partial charge in [0.15, 0.2) is 5.92 Å². The molecule has 5 nitrogen and oxygen atoms in total. The van der Waals surface area contributed by atoms with Gasteiger partial charge in [0.25, 0.3) is 0 Å². The number of fused-ring (bicyclic) bond motifs is 1. The predicted octanol–water partition coefficient (Wildman–Crippen LogP) is 2.60. The minimum absolute atomic E-state index is 0.208. The Kier molecular flexibility index (Phi) is 5.55. The van der Waals surface area contributed by atoms with Crippen LogP contribution in [0.2, 0.25) is 0 Å². The molecule has 2 unspecified atom stereocenters. The van der Waals surface area contributed by atoms with Crippen LogP contribution in [0.3, 0.4) is 0 Å². The first-order chi connectivity index (χ1) is 10.6. The Bertz CT molecular complexity index is 522. The van der Waals surface area contributed by atoms with Gasteiger partial charge >= 0.3 is 11.9 Å². The topological polar surface area (TPSA) is 61.8 Å². The molecule has 0 radical (unpaired) electrons. The van der Waals surface area contributed by atoms with Crippen molar-refractivity contribution in [3.05, 3.63) is 35.4 Å². The van der Waals surface area contributed by atoms with Crippen LogP contribution in [0, 0.1) is 5.92 Å². The van der Waals surface area contributed by atoms with Gasteiger partial charge in [-0.2, -0.15) is 0 Å². The zero-order valence-corrected chi connectivity index (χ0v) is 13.2. The van der Waals surface area contributed by atoms with Gasteiger partial charge < -0.3 is 14.2 Å². The second kappa shape index (κ2) is 7.40. The number of rotatable bonds is 5. The number of hydrogen-bond donors (Lipinski definition) is 0. The highest BCUT2D eigenvalue weighted by atomic mass is 16.6. The van der Waals surface area contributed by atoms with Crippen molar-refractivity contribution < 1.29 is 23.8 Å². The van der Waals surface area contributed by atoms with Gasteiger partial charge in [-0.3, -0.25) is 9.59 Å². The molecule has 0 fully saturated rings. The number of hydrogen-bond acceptors (Lipinski definition) is 5. The SMILES string of the molecule is CCOC(=O)C(C(=O)OCC)C1OCC(C)c2ccccc21. The molecule has 0 saturated heterocycles. The van der Waals surface area contributed by atoms with Crippen LogP contribution in [-0.4, -0.2) is 31.8 Å². The quantitative estimate of drug-likeness (QED) is 0.618. The largest absolute Gasteiger partial charge is 0.465 e. The average molecular weight is 306 g/mol. The Morgan fingerprint density at radius 1 is 1.14 bits per heavy atom. The van der Waals surface area contributed by atoms with E-state index < -0.39 is 24.0 Å². The highest BCUT2D eigenvalue weighted by molar-refractivity contribution is 5.96. The van der Waals surface area contributed by atoms with Crippen LogP contribution in [0.5, 0.6) is 0 Å². The lowest BCUT2D eigenvalue weighted by molar-refractivity contribution is -0.170. The number of ether oxygens (including phenoxy) is 3. The van der Waals surface area contributed by atoms with Crippen LogP contribution >= 0.6 is 0 Å². The molecule has 0 bridgehead atoms. The summed E-state index contributed by atoms with van der Waals surface area (Å²) in [5, 5.41) is 0. The average Bonchev–Trinajstić information content (AvgIpc) is 2.51. The van der Waals surface area contributed by atoms with Crippen LogP contribution in [0.25, 0.3) is 0 Å². The summed E-state index contributed by atoms with van der Waals surface area (Å²) in [7, 11) is 0. The van der Waals surface area contributed by atoms with E-state index in [1.54, 1.807) is 13.8 Å². The van der Waals surface area contributed by atoms with Crippen molar-refractivity contribution in [2.45, 2.75) is 32.8 Å². The Morgan fingerprint density at radius 3 is 2.23 bits per heavy atom. The van der Waals surface area contributed by atoms with Gasteiger partial charge in [0.05, 0.1) is 19.8 Å². The molecule has 1 aliphatic rings. The van der Waals surface area contributed by atoms with Crippen LogP contribution in [0.4, 0.5) is 0 Å². The predicted molar refractivity (Wildman–Crippen MR) is 80.3 cm³/mol. The summed E-state index contributed by atoms with van der Waals surface area (Å²) in [5.41, 5.74) is 1.95. The van der Waals surface area contributed by atoms with Crippen LogP contribution in [0.15, 0.2) is 24.3 Å². The summed E-state index contributed by atoms with van der Waals surface area (Å²) in [4.78, 5) is 24.5. The van der Waals surface area contributed by atoms with E-state index in [0.29, 0.717) is 6.61 Å². The van der Waals surface area contributed by atoms with Crippen molar-refractivity contribution >= 4 is 11.9 Å². The molecule has 0 spiro atoms. The third kappa shape index (κ3) is 3.30. The molecule has 2 atom stereocenters. The van der Waals surface area contributed by atoms with Gasteiger partial charge in [-0.05, 0) is 25.0 Å². The molecule has 1 heterocycles. The maximum absolute atomic E-state index is 12.2. The summed E-state index contributed by atoms with van der Waals surface area (Å²) < 4.78 is 15.9. The maximum Gasteiger partial charge on any atom is 0.323 e. The standard InChI is InChI=1S/C17H22O5/c1-4-20-16(18)14(17(19)21-5-2)15-13-9-7-6-8-12(13)11(3)10-22-15/h6-9,11,14-15H,4-5,10H2,1-3H3. The molecular weight excluding hydrogens is 284 g/mol. The van der Waals surface area contributed by atoms with Crippen LogP contribution < -0.4 is 0 Å². The minimum atomic E-state index is -1.09. The normalized spacial score (nSPS) is 20.4. The highest BCUT2D eigenvalue weighted by Crippen LogP contribution is 2.38. The van der Waals surface area contributed by atoms with E-state index in [1.165, 1.54) is 0 Å². The summed E-state index contributed by atoms with van der Waals surface area (Å²) in [6.45, 7) is 6.34. The molecular formula is C17H22O5. The van der Waals surface area contributed by atoms with E-state index >= 15 is 0 Å². The second-order valence-corrected chi connectivity index (χ2v) is 5.27. The Labute approximate surface area is 130 Å². The Morgan fingerprint density at radius 2 is 1.68 bits per heavy atom. The zero-order chi connectivity index (χ0) is 16.1. The number of carbonyl (C=O) groups excluding carboxylic acids is 2. The molecule has 120 valence electrons. The molecule has 5 heteroatoms. The van der Waals surface area contributed by atoms with Gasteiger partial charge in [-0.1, -0.05) is 31.2 Å². The summed E-state index contributed by atoms with van der Waals surface area (Å²) in [6.07, 6.45) is -0.662. The molecule has 0 aliphatic carbocycles. The monoisotopic (exact) mass is 306 g/mol. The molecule has 1 aromatic rings. The fraction of sp³-hybridized carbons (Fsp3) is 0.529. The minimum Gasteiger partial charge on any atom is -0.465 e. The fourth-order valence-corrected chi connectivity index (χ4v) is 2.73. The molecule has 22 heavy (non-hydrogen) atoms. The van der Waals surface area contributed by atoms with Gasteiger partial charge in [0, 0.05) is 5.92 Å². The van der Waals surface area contributed by atoms with Crippen molar-refractivity contribution in [1.29, 1.82) is 0 Å². The van der Waals surface area contributed by atoms with Crippen molar-refractivity contribution in [1.82, 2.24) is 0 Å². The third-order valence-corrected chi connectivity index (χ3v) is 3.74. The first-order valence-electron chi connectivity index (χ1n) is 7.63. The summed E-state index contributed by atoms with van der Waals surface area (Å²) in [6, 6.07) is 7.71. The van der Waals surface area contributed by atoms with Crippen molar-refractivity contribution in [2.75, 3.05) is 19.8 Å². The highest BCUT2D eigenvalue weighted by Gasteiger charge is 2.42. The van der Waals surface area contributed by atoms with E-state index in [4.69, 9.17) is 14.2 Å². The first-order valence-corrected chi connectivity index (χ1v) is 7.63. The lowest BCUT2D eigenvalue weighted by Gasteiger charge is -2.33. The van der Waals surface area contributed by atoms with E-state index in [-0.39, 0.29) is 19.1 Å². The van der Waals surface area contributed by atoms with E-state index in [2.05, 4.69) is 6.92 Å². The van der Waals surface area contributed by atoms with Crippen molar-refractivity contribution in [3.63, 3.8) is 0 Å². The molecule has 0 saturated carbocycles. The molecule has 0 amide bonds. The van der Waals surface area contributed by atoms with E-state index in [1.807, 2.05) is 24.3 Å². The van der Waals surface area contributed by atoms with Crippen LogP contribution in [-0.2, 0) is 23.8 Å². The van der Waals surface area contributed by atoms with Crippen molar-refractivity contribution in [2.24, 2.45) is 5.92 Å². The Balaban J connectivity index is 2.37. The molecule has 1 aromatic carbocycles. The molecule has 2 rings (SSSR count). The lowest BCUT2D eigenvalue weighted by Crippen LogP contribution is -2.37. The van der Waals surface area contributed by atoms with E-state index in [0.717, 1.165) is 11.1 Å². The Hall–Kier alpha value is -1.88. The maximum atomic E-state index is 12.2. The second-order valence-electron chi connectivity index (χ2n) is 5.27. The third-order valence-electron chi connectivity index (χ3n) is 3.74. The summed E-state index contributed by atoms with van der Waals surface area (Å²) in [5.74, 6) is -2.07.